The zero-order chi connectivity index (χ0) is 20.5. The predicted octanol–water partition coefficient (Wildman–Crippen LogP) is 3.58. The number of nitrogens with one attached hydrogen (secondary N) is 1. The molecule has 7 nitrogen and oxygen atoms in total. The summed E-state index contributed by atoms with van der Waals surface area (Å²) in [6.45, 7) is 15.0. The van der Waals surface area contributed by atoms with Gasteiger partial charge in [-0.05, 0) is 57.4 Å². The van der Waals surface area contributed by atoms with Gasteiger partial charge in [0.2, 0.25) is 11.6 Å². The molecule has 2 heterocycles. The van der Waals surface area contributed by atoms with E-state index in [1.165, 1.54) is 0 Å². The highest BCUT2D eigenvalue weighted by atomic mass is 16.7. The normalized spacial score (nSPS) is 17.1. The number of carbonyl (C=O) groups is 1. The van der Waals surface area contributed by atoms with E-state index in [9.17, 15) is 4.79 Å². The third-order valence-corrected chi connectivity index (χ3v) is 5.12. The number of aldehydes is 1. The van der Waals surface area contributed by atoms with Crippen LogP contribution < -0.4 is 15.5 Å². The Balaban J connectivity index is 1.87. The smallest absolute Gasteiger partial charge is 0.439 e. The van der Waals surface area contributed by atoms with Crippen molar-refractivity contribution in [1.29, 1.82) is 0 Å². The number of benzene rings is 1. The second-order valence-corrected chi connectivity index (χ2v) is 7.48. The Kier molecular flexibility index (Phi) is 5.15. The molecule has 1 aliphatic heterocycles. The summed E-state index contributed by atoms with van der Waals surface area (Å²) in [5.74, 6) is 1.20. The maximum atomic E-state index is 11.7. The molecule has 0 bridgehead atoms. The molecule has 1 N–H and O–H groups in total. The molecule has 0 radical (unpaired) electrons. The molecule has 0 atom stereocenters. The average molecular weight is 379 g/mol. The molecule has 0 aliphatic carbocycles. The van der Waals surface area contributed by atoms with Crippen LogP contribution in [0.1, 0.15) is 38.1 Å². The van der Waals surface area contributed by atoms with Gasteiger partial charge in [-0.25, -0.2) is 9.83 Å². The lowest BCUT2D eigenvalue weighted by atomic mass is 9.76. The zero-order valence-electron chi connectivity index (χ0n) is 16.6. The summed E-state index contributed by atoms with van der Waals surface area (Å²) < 4.78 is 17.8. The molecule has 3 rings (SSSR count). The first-order valence-electron chi connectivity index (χ1n) is 8.89. The fourth-order valence-electron chi connectivity index (χ4n) is 2.79. The van der Waals surface area contributed by atoms with Crippen LogP contribution in [0.15, 0.2) is 30.3 Å². The molecule has 1 aliphatic rings. The van der Waals surface area contributed by atoms with E-state index in [0.717, 1.165) is 6.29 Å². The lowest BCUT2D eigenvalue weighted by Gasteiger charge is -2.32. The molecule has 1 fully saturated rings. The van der Waals surface area contributed by atoms with Crippen LogP contribution in [0.25, 0.3) is 4.85 Å². The molecule has 0 unspecified atom stereocenters. The molecule has 0 amide bonds. The summed E-state index contributed by atoms with van der Waals surface area (Å²) in [5.41, 5.74) is 0.478. The molecule has 0 saturated carbocycles. The molecular formula is C20H22BN3O4. The number of pyridine rings is 1. The SMILES string of the molecule is [C-]#[N+]c1ccc(Oc2ccc(B3OC(C)(C)C(C)(C)O3)c(C=O)c2)nc1NC. The van der Waals surface area contributed by atoms with Gasteiger partial charge in [-0.3, -0.25) is 4.79 Å². The first-order valence-corrected chi connectivity index (χ1v) is 8.89. The van der Waals surface area contributed by atoms with Gasteiger partial charge in [0.05, 0.1) is 17.8 Å². The van der Waals surface area contributed by atoms with Crippen molar-refractivity contribution in [2.45, 2.75) is 38.9 Å². The van der Waals surface area contributed by atoms with Gasteiger partial charge in [-0.2, -0.15) is 0 Å². The number of rotatable bonds is 5. The average Bonchev–Trinajstić information content (AvgIpc) is 2.88. The van der Waals surface area contributed by atoms with Crippen molar-refractivity contribution in [3.63, 3.8) is 0 Å². The van der Waals surface area contributed by atoms with E-state index in [-0.39, 0.29) is 0 Å². The first-order chi connectivity index (χ1) is 13.2. The summed E-state index contributed by atoms with van der Waals surface area (Å²) >= 11 is 0. The Hall–Kier alpha value is -2.89. The Morgan fingerprint density at radius 3 is 2.43 bits per heavy atom. The molecule has 1 aromatic carbocycles. The van der Waals surface area contributed by atoms with Gasteiger partial charge in [0.25, 0.3) is 0 Å². The van der Waals surface area contributed by atoms with E-state index >= 15 is 0 Å². The molecule has 1 saturated heterocycles. The highest BCUT2D eigenvalue weighted by Gasteiger charge is 2.52. The van der Waals surface area contributed by atoms with Crippen LogP contribution in [-0.2, 0) is 9.31 Å². The van der Waals surface area contributed by atoms with E-state index in [2.05, 4.69) is 15.1 Å². The molecule has 28 heavy (non-hydrogen) atoms. The van der Waals surface area contributed by atoms with Gasteiger partial charge in [-0.15, -0.1) is 0 Å². The number of ether oxygens (including phenoxy) is 1. The van der Waals surface area contributed by atoms with Gasteiger partial charge in [0.15, 0.2) is 0 Å². The maximum absolute atomic E-state index is 11.7. The van der Waals surface area contributed by atoms with Gasteiger partial charge < -0.3 is 19.4 Å². The standard InChI is InChI=1S/C20H22BN3O4/c1-19(2)20(3,4)28-21(27-19)15-8-7-14(11-13(15)12-25)26-17-10-9-16(22-5)18(23-6)24-17/h7-12H,1-4,6H3,(H,23,24). The summed E-state index contributed by atoms with van der Waals surface area (Å²) in [6, 6.07) is 8.35. The lowest BCUT2D eigenvalue weighted by Crippen LogP contribution is -2.41. The fourth-order valence-corrected chi connectivity index (χ4v) is 2.79. The van der Waals surface area contributed by atoms with Gasteiger partial charge in [0, 0.05) is 12.6 Å². The third-order valence-electron chi connectivity index (χ3n) is 5.12. The van der Waals surface area contributed by atoms with E-state index in [4.69, 9.17) is 20.6 Å². The minimum absolute atomic E-state index is 0.317. The first kappa shape index (κ1) is 19.9. The van der Waals surface area contributed by atoms with Crippen LogP contribution >= 0.6 is 0 Å². The molecule has 1 aromatic heterocycles. The van der Waals surface area contributed by atoms with E-state index < -0.39 is 18.3 Å². The zero-order valence-corrected chi connectivity index (χ0v) is 16.6. The second kappa shape index (κ2) is 7.26. The number of aromatic nitrogens is 1. The van der Waals surface area contributed by atoms with E-state index in [1.807, 2.05) is 27.7 Å². The van der Waals surface area contributed by atoms with Crippen LogP contribution in [0.3, 0.4) is 0 Å². The Morgan fingerprint density at radius 1 is 1.18 bits per heavy atom. The molecule has 8 heteroatoms. The second-order valence-electron chi connectivity index (χ2n) is 7.48. The highest BCUT2D eigenvalue weighted by Crippen LogP contribution is 2.37. The summed E-state index contributed by atoms with van der Waals surface area (Å²) in [6.07, 6.45) is 0.752. The maximum Gasteiger partial charge on any atom is 0.495 e. The van der Waals surface area contributed by atoms with Gasteiger partial charge in [-0.1, -0.05) is 6.07 Å². The fraction of sp³-hybridized carbons (Fsp3) is 0.350. The van der Waals surface area contributed by atoms with Crippen molar-refractivity contribution >= 4 is 30.4 Å². The van der Waals surface area contributed by atoms with Gasteiger partial charge in [0.1, 0.15) is 17.9 Å². The molecule has 2 aromatic rings. The number of hydrogen-bond acceptors (Lipinski definition) is 6. The van der Waals surface area contributed by atoms with E-state index in [0.29, 0.717) is 34.2 Å². The summed E-state index contributed by atoms with van der Waals surface area (Å²) in [7, 11) is 1.05. The summed E-state index contributed by atoms with van der Waals surface area (Å²) in [5, 5.41) is 2.86. The van der Waals surface area contributed by atoms with Crippen LogP contribution in [0.2, 0.25) is 0 Å². The molecular weight excluding hydrogens is 357 g/mol. The van der Waals surface area contributed by atoms with Gasteiger partial charge >= 0.3 is 7.12 Å². The number of carbonyl (C=O) groups excluding carboxylic acids is 1. The van der Waals surface area contributed by atoms with Crippen LogP contribution in [0.4, 0.5) is 11.5 Å². The van der Waals surface area contributed by atoms with Crippen LogP contribution in [-0.4, -0.2) is 36.6 Å². The molecule has 144 valence electrons. The lowest BCUT2D eigenvalue weighted by molar-refractivity contribution is 0.00578. The summed E-state index contributed by atoms with van der Waals surface area (Å²) in [4.78, 5) is 19.3. The minimum Gasteiger partial charge on any atom is -0.439 e. The third kappa shape index (κ3) is 3.59. The number of hydrogen-bond donors (Lipinski definition) is 1. The number of anilines is 1. The number of nitrogens with zero attached hydrogens (tertiary/aromatic N) is 2. The Bertz CT molecular complexity index is 937. The topological polar surface area (TPSA) is 74.0 Å². The largest absolute Gasteiger partial charge is 0.495 e. The monoisotopic (exact) mass is 379 g/mol. The van der Waals surface area contributed by atoms with Crippen molar-refractivity contribution in [2.24, 2.45) is 0 Å². The predicted molar refractivity (Wildman–Crippen MR) is 108 cm³/mol. The minimum atomic E-state index is -0.633. The molecule has 0 spiro atoms. The Morgan fingerprint density at radius 2 is 1.86 bits per heavy atom. The highest BCUT2D eigenvalue weighted by molar-refractivity contribution is 6.63. The van der Waals surface area contributed by atoms with Crippen LogP contribution in [0.5, 0.6) is 11.6 Å². The van der Waals surface area contributed by atoms with Crippen molar-refractivity contribution in [3.05, 3.63) is 47.3 Å². The van der Waals surface area contributed by atoms with E-state index in [1.54, 1.807) is 37.4 Å². The van der Waals surface area contributed by atoms with Crippen molar-refractivity contribution in [2.75, 3.05) is 12.4 Å². The van der Waals surface area contributed by atoms with Crippen LogP contribution in [0, 0.1) is 6.57 Å². The van der Waals surface area contributed by atoms with Crippen molar-refractivity contribution in [3.8, 4) is 11.6 Å². The Labute approximate surface area is 165 Å². The van der Waals surface area contributed by atoms with Crippen molar-refractivity contribution < 1.29 is 18.8 Å². The quantitative estimate of drug-likeness (QED) is 0.486. The van der Waals surface area contributed by atoms with Crippen molar-refractivity contribution in [1.82, 2.24) is 4.98 Å².